The van der Waals surface area contributed by atoms with Gasteiger partial charge in [-0.3, -0.25) is 15.1 Å². The van der Waals surface area contributed by atoms with Gasteiger partial charge in [-0.2, -0.15) is 0 Å². The first-order valence-electron chi connectivity index (χ1n) is 14.0. The summed E-state index contributed by atoms with van der Waals surface area (Å²) in [5, 5.41) is 22.3. The summed E-state index contributed by atoms with van der Waals surface area (Å²) in [4.78, 5) is 26.6. The lowest BCUT2D eigenvalue weighted by atomic mass is 9.97. The Morgan fingerprint density at radius 2 is 1.74 bits per heavy atom. The van der Waals surface area contributed by atoms with Crippen molar-refractivity contribution in [1.29, 1.82) is 0 Å². The molecule has 0 unspecified atom stereocenters. The van der Waals surface area contributed by atoms with Crippen LogP contribution in [0.15, 0.2) is 85.1 Å². The zero-order chi connectivity index (χ0) is 29.6. The molecule has 0 bridgehead atoms. The number of aliphatic hydroxyl groups is 1. The van der Waals surface area contributed by atoms with Gasteiger partial charge in [-0.05, 0) is 55.3 Å². The maximum absolute atomic E-state index is 12.7. The lowest BCUT2D eigenvalue weighted by Crippen LogP contribution is -2.23. The van der Waals surface area contributed by atoms with Crippen molar-refractivity contribution in [3.05, 3.63) is 102 Å². The van der Waals surface area contributed by atoms with E-state index in [4.69, 9.17) is 16.1 Å². The minimum absolute atomic E-state index is 0.0917. The lowest BCUT2D eigenvalue weighted by molar-refractivity contribution is -0.118. The maximum Gasteiger partial charge on any atom is 0.264 e. The van der Waals surface area contributed by atoms with E-state index in [2.05, 4.69) is 31.5 Å². The van der Waals surface area contributed by atoms with Gasteiger partial charge in [0.05, 0.1) is 35.5 Å². The summed E-state index contributed by atoms with van der Waals surface area (Å²) in [5.41, 5.74) is 3.53. The van der Waals surface area contributed by atoms with E-state index in [0.717, 1.165) is 24.1 Å². The van der Waals surface area contributed by atoms with Gasteiger partial charge >= 0.3 is 0 Å². The van der Waals surface area contributed by atoms with Crippen molar-refractivity contribution in [1.82, 2.24) is 29.9 Å². The van der Waals surface area contributed by atoms with E-state index in [1.54, 1.807) is 29.1 Å². The maximum atomic E-state index is 12.7. The van der Waals surface area contributed by atoms with Gasteiger partial charge in [-0.15, -0.1) is 11.5 Å². The minimum Gasteiger partial charge on any atom is -0.484 e. The third-order valence-electron chi connectivity index (χ3n) is 7.25. The molecule has 1 amide bonds. The molecule has 1 fully saturated rings. The second kappa shape index (κ2) is 12.2. The summed E-state index contributed by atoms with van der Waals surface area (Å²) < 4.78 is 7.23. The molecular formula is C33H29N7O3. The third kappa shape index (κ3) is 6.58. The fourth-order valence-corrected chi connectivity index (χ4v) is 5.08. The second-order valence-electron chi connectivity index (χ2n) is 10.4. The van der Waals surface area contributed by atoms with E-state index in [-0.39, 0.29) is 12.6 Å². The number of carbonyl (C=O) groups excluding carboxylic acids is 1. The van der Waals surface area contributed by atoms with Crippen molar-refractivity contribution in [2.75, 3.05) is 11.9 Å². The molecule has 214 valence electrons. The number of carbonyl (C=O) groups is 1. The zero-order valence-electron chi connectivity index (χ0n) is 23.3. The van der Waals surface area contributed by atoms with Crippen LogP contribution in [0.3, 0.4) is 0 Å². The van der Waals surface area contributed by atoms with E-state index in [1.165, 1.54) is 0 Å². The van der Waals surface area contributed by atoms with Crippen molar-refractivity contribution >= 4 is 11.9 Å². The molecule has 6 rings (SSSR count). The van der Waals surface area contributed by atoms with E-state index in [0.29, 0.717) is 53.5 Å². The Balaban J connectivity index is 1.26. The first-order valence-corrected chi connectivity index (χ1v) is 14.0. The number of pyridine rings is 1. The van der Waals surface area contributed by atoms with Crippen LogP contribution in [0.2, 0.25) is 0 Å². The topological polar surface area (TPSA) is 128 Å². The second-order valence-corrected chi connectivity index (χ2v) is 10.4. The number of rotatable bonds is 9. The molecule has 2 aromatic carbocycles. The van der Waals surface area contributed by atoms with Crippen LogP contribution >= 0.6 is 0 Å². The van der Waals surface area contributed by atoms with Crippen molar-refractivity contribution in [3.63, 3.8) is 0 Å². The van der Waals surface area contributed by atoms with Gasteiger partial charge in [0, 0.05) is 11.1 Å². The van der Waals surface area contributed by atoms with Crippen LogP contribution in [0.1, 0.15) is 42.6 Å². The Morgan fingerprint density at radius 1 is 0.953 bits per heavy atom. The van der Waals surface area contributed by atoms with Gasteiger partial charge in [0.2, 0.25) is 5.95 Å². The molecule has 2 N–H and O–H groups in total. The molecule has 0 radical (unpaired) electrons. The largest absolute Gasteiger partial charge is 0.484 e. The number of nitrogens with one attached hydrogen (secondary N) is 1. The fraction of sp³-hybridized carbons (Fsp3) is 0.212. The summed E-state index contributed by atoms with van der Waals surface area (Å²) in [6, 6.07) is 23.9. The average molecular weight is 572 g/mol. The number of hydrogen-bond acceptors (Lipinski definition) is 8. The highest BCUT2D eigenvalue weighted by Crippen LogP contribution is 2.37. The molecule has 10 nitrogen and oxygen atoms in total. The van der Waals surface area contributed by atoms with E-state index < -0.39 is 11.5 Å². The zero-order valence-corrected chi connectivity index (χ0v) is 23.3. The monoisotopic (exact) mass is 571 g/mol. The number of terminal acetylenes is 1. The van der Waals surface area contributed by atoms with Crippen molar-refractivity contribution in [2.24, 2.45) is 0 Å². The number of amides is 1. The Hall–Kier alpha value is -5.40. The van der Waals surface area contributed by atoms with Gasteiger partial charge in [-0.1, -0.05) is 60.4 Å². The van der Waals surface area contributed by atoms with E-state index in [9.17, 15) is 9.90 Å². The Labute approximate surface area is 248 Å². The molecular weight excluding hydrogens is 542 g/mol. The molecule has 3 heterocycles. The molecule has 1 saturated carbocycles. The summed E-state index contributed by atoms with van der Waals surface area (Å²) in [7, 11) is 0. The molecule has 0 atom stereocenters. The molecule has 0 spiro atoms. The normalized spacial score (nSPS) is 13.8. The quantitative estimate of drug-likeness (QED) is 0.246. The van der Waals surface area contributed by atoms with Gasteiger partial charge in [-0.25, -0.2) is 14.6 Å². The predicted octanol–water partition coefficient (Wildman–Crippen LogP) is 4.61. The van der Waals surface area contributed by atoms with Crippen molar-refractivity contribution < 1.29 is 14.6 Å². The molecule has 3 aromatic heterocycles. The minimum atomic E-state index is -0.870. The van der Waals surface area contributed by atoms with Crippen LogP contribution in [0, 0.1) is 12.3 Å². The summed E-state index contributed by atoms with van der Waals surface area (Å²) >= 11 is 0. The number of para-hydroxylation sites is 1. The molecule has 10 heteroatoms. The van der Waals surface area contributed by atoms with Gasteiger partial charge < -0.3 is 9.84 Å². The predicted molar refractivity (Wildman–Crippen MR) is 161 cm³/mol. The lowest BCUT2D eigenvalue weighted by Gasteiger charge is -2.21. The van der Waals surface area contributed by atoms with Gasteiger partial charge in [0.15, 0.2) is 6.61 Å². The van der Waals surface area contributed by atoms with Crippen LogP contribution in [-0.2, 0) is 16.9 Å². The van der Waals surface area contributed by atoms with E-state index >= 15 is 0 Å². The Morgan fingerprint density at radius 3 is 2.56 bits per heavy atom. The van der Waals surface area contributed by atoms with Crippen LogP contribution in [0.25, 0.3) is 22.6 Å². The number of anilines is 1. The number of ether oxygens (including phenoxy) is 1. The average Bonchev–Trinajstić information content (AvgIpc) is 3.70. The Kier molecular flexibility index (Phi) is 7.89. The summed E-state index contributed by atoms with van der Waals surface area (Å²) in [6.07, 6.45) is 10.8. The third-order valence-corrected chi connectivity index (χ3v) is 7.25. The highest BCUT2D eigenvalue weighted by Gasteiger charge is 2.34. The molecule has 5 aromatic rings. The molecule has 1 aliphatic rings. The van der Waals surface area contributed by atoms with Crippen LogP contribution in [0.4, 0.5) is 5.95 Å². The van der Waals surface area contributed by atoms with Crippen LogP contribution < -0.4 is 10.1 Å². The number of aromatic nitrogens is 6. The Bertz CT molecular complexity index is 1790. The van der Waals surface area contributed by atoms with Crippen LogP contribution in [-0.4, -0.2) is 47.6 Å². The number of hydrogen-bond donors (Lipinski definition) is 2. The highest BCUT2D eigenvalue weighted by molar-refractivity contribution is 5.90. The fourth-order valence-electron chi connectivity index (χ4n) is 5.08. The smallest absolute Gasteiger partial charge is 0.264 e. The SMILES string of the molecule is C#Cc1cccc(-c2cc(-c3cn(Cc4cccc(C5(O)CCCC5)n4)nn3)nc(NC(=O)COc3ccccc3)n2)c1. The number of nitrogens with zero attached hydrogens (tertiary/aromatic N) is 6. The van der Waals surface area contributed by atoms with E-state index in [1.807, 2.05) is 60.7 Å². The molecule has 0 saturated heterocycles. The van der Waals surface area contributed by atoms with Crippen molar-refractivity contribution in [3.8, 4) is 40.7 Å². The van der Waals surface area contributed by atoms with Crippen molar-refractivity contribution in [2.45, 2.75) is 37.8 Å². The van der Waals surface area contributed by atoms with Gasteiger partial charge in [0.1, 0.15) is 17.0 Å². The molecule has 0 aliphatic heterocycles. The standard InChI is InChI=1S/C33H29N7O3/c1-2-23-10-8-11-24(18-23)27-19-28(36-32(35-27)37-31(41)22-43-26-13-4-3-5-14-26)29-21-40(39-38-29)20-25-12-9-15-30(34-25)33(42)16-6-7-17-33/h1,3-5,8-15,18-19,21,42H,6-7,16-17,20,22H2,(H,35,36,37,41). The first kappa shape index (κ1) is 27.8. The summed E-state index contributed by atoms with van der Waals surface area (Å²) in [5.74, 6) is 2.89. The number of benzene rings is 2. The molecule has 43 heavy (non-hydrogen) atoms. The van der Waals surface area contributed by atoms with Gasteiger partial charge in [0.25, 0.3) is 5.91 Å². The highest BCUT2D eigenvalue weighted by atomic mass is 16.5. The molecule has 1 aliphatic carbocycles. The van der Waals surface area contributed by atoms with Crippen LogP contribution in [0.5, 0.6) is 5.75 Å². The first-order chi connectivity index (χ1) is 21.0. The summed E-state index contributed by atoms with van der Waals surface area (Å²) in [6.45, 7) is 0.149.